The van der Waals surface area contributed by atoms with E-state index in [0.717, 1.165) is 5.56 Å². The Hall–Kier alpha value is -3.91. The first-order valence-corrected chi connectivity index (χ1v) is 11.3. The number of aryl methyl sites for hydroxylation is 1. The van der Waals surface area contributed by atoms with E-state index in [1.165, 1.54) is 6.08 Å². The Morgan fingerprint density at radius 2 is 1.25 bits per heavy atom. The zero-order valence-corrected chi connectivity index (χ0v) is 18.2. The molecule has 0 aliphatic heterocycles. The van der Waals surface area contributed by atoms with Gasteiger partial charge in [0.2, 0.25) is 0 Å². The summed E-state index contributed by atoms with van der Waals surface area (Å²) in [7, 11) is -4.53. The summed E-state index contributed by atoms with van der Waals surface area (Å²) in [6.07, 6.45) is 1.19. The van der Waals surface area contributed by atoms with Gasteiger partial charge in [-0.1, -0.05) is 72.3 Å². The van der Waals surface area contributed by atoms with Gasteiger partial charge in [-0.15, -0.1) is 10.9 Å². The Balaban J connectivity index is 2.00. The van der Waals surface area contributed by atoms with Crippen molar-refractivity contribution in [3.63, 3.8) is 0 Å². The van der Waals surface area contributed by atoms with Crippen molar-refractivity contribution in [1.29, 1.82) is 0 Å². The van der Waals surface area contributed by atoms with Gasteiger partial charge in [-0.05, 0) is 36.8 Å². The second-order valence-corrected chi connectivity index (χ2v) is 8.87. The molecule has 4 amide bonds. The lowest BCUT2D eigenvalue weighted by Crippen LogP contribution is -2.47. The van der Waals surface area contributed by atoms with Gasteiger partial charge >= 0.3 is 12.1 Å². The first-order chi connectivity index (χ1) is 15.3. The fraction of sp³-hybridized carbons (Fsp3) is 0.0833. The fourth-order valence-electron chi connectivity index (χ4n) is 3.01. The highest BCUT2D eigenvalue weighted by molar-refractivity contribution is 7.90. The molecule has 7 nitrogen and oxygen atoms in total. The van der Waals surface area contributed by atoms with Crippen LogP contribution in [0.1, 0.15) is 16.4 Å². The summed E-state index contributed by atoms with van der Waals surface area (Å²) in [6, 6.07) is 21.1. The van der Waals surface area contributed by atoms with Crippen molar-refractivity contribution in [3.05, 3.63) is 109 Å². The molecule has 0 aliphatic carbocycles. The quantitative estimate of drug-likeness (QED) is 0.498. The third kappa shape index (κ3) is 5.22. The summed E-state index contributed by atoms with van der Waals surface area (Å²) in [5.41, 5.74) is 2.01. The van der Waals surface area contributed by atoms with Crippen LogP contribution < -0.4 is 10.6 Å². The summed E-state index contributed by atoms with van der Waals surface area (Å²) in [6.45, 7) is 5.50. The van der Waals surface area contributed by atoms with E-state index in [1.807, 2.05) is 6.92 Å². The maximum absolute atomic E-state index is 13.5. The zero-order valence-electron chi connectivity index (χ0n) is 17.4. The van der Waals surface area contributed by atoms with E-state index >= 15 is 0 Å². The Morgan fingerprint density at radius 1 is 0.812 bits per heavy atom. The van der Waals surface area contributed by atoms with Crippen molar-refractivity contribution in [2.45, 2.75) is 12.2 Å². The highest BCUT2D eigenvalue weighted by atomic mass is 32.2. The number of nitrogens with zero attached hydrogens (tertiary/aromatic N) is 1. The Kier molecular flexibility index (Phi) is 7.07. The van der Waals surface area contributed by atoms with Crippen LogP contribution in [0.25, 0.3) is 0 Å². The normalized spacial score (nSPS) is 11.8. The van der Waals surface area contributed by atoms with Crippen LogP contribution in [0.5, 0.6) is 0 Å². The molecule has 3 rings (SSSR count). The van der Waals surface area contributed by atoms with Crippen LogP contribution in [0, 0.1) is 6.92 Å². The highest BCUT2D eigenvalue weighted by Crippen LogP contribution is 2.28. The SMILES string of the molecule is C=CC(c1ccc(C)cc1)S(=O)(=O)N(C(=O)Nc1ccccc1)C(=O)Nc1ccccc1. The number of nitrogens with one attached hydrogen (secondary N) is 2. The van der Waals surface area contributed by atoms with Crippen LogP contribution in [0.3, 0.4) is 0 Å². The lowest BCUT2D eigenvalue weighted by molar-refractivity contribution is 0.222. The number of sulfonamides is 1. The van der Waals surface area contributed by atoms with Crippen LogP contribution in [0.2, 0.25) is 0 Å². The van der Waals surface area contributed by atoms with Crippen LogP contribution in [0.4, 0.5) is 21.0 Å². The lowest BCUT2D eigenvalue weighted by Gasteiger charge is -2.25. The number of hydrogen-bond acceptors (Lipinski definition) is 4. The summed E-state index contributed by atoms with van der Waals surface area (Å²) < 4.78 is 27.3. The van der Waals surface area contributed by atoms with Crippen LogP contribution >= 0.6 is 0 Å². The number of rotatable bonds is 6. The predicted octanol–water partition coefficient (Wildman–Crippen LogP) is 5.32. The van der Waals surface area contributed by atoms with E-state index in [1.54, 1.807) is 84.9 Å². The minimum absolute atomic E-state index is 0.208. The molecule has 3 aromatic carbocycles. The van der Waals surface area contributed by atoms with Crippen molar-refractivity contribution in [3.8, 4) is 0 Å². The molecule has 0 aromatic heterocycles. The van der Waals surface area contributed by atoms with Crippen molar-refractivity contribution in [2.24, 2.45) is 0 Å². The van der Waals surface area contributed by atoms with Gasteiger partial charge in [0.05, 0.1) is 0 Å². The summed E-state index contributed by atoms with van der Waals surface area (Å²) in [5.74, 6) is 0. The molecule has 2 N–H and O–H groups in total. The molecule has 3 aromatic rings. The molecule has 0 saturated heterocycles. The number of imide groups is 1. The van der Waals surface area contributed by atoms with Gasteiger partial charge in [0, 0.05) is 11.4 Å². The minimum atomic E-state index is -4.53. The molecular formula is C24H23N3O4S. The van der Waals surface area contributed by atoms with Gasteiger partial charge in [-0.3, -0.25) is 0 Å². The zero-order chi connectivity index (χ0) is 23.1. The standard InChI is InChI=1S/C24H23N3O4S/c1-3-22(19-16-14-18(2)15-17-19)32(30,31)27(23(28)25-20-10-6-4-7-11-20)24(29)26-21-12-8-5-9-13-21/h3-17,22H,1H2,2H3,(H,25,28)(H,26,29). The molecule has 0 spiro atoms. The largest absolute Gasteiger partial charge is 0.344 e. The van der Waals surface area contributed by atoms with E-state index in [2.05, 4.69) is 17.2 Å². The molecular weight excluding hydrogens is 426 g/mol. The average molecular weight is 450 g/mol. The molecule has 164 valence electrons. The molecule has 0 radical (unpaired) electrons. The number of benzene rings is 3. The molecule has 1 atom stereocenters. The molecule has 0 saturated carbocycles. The smallest absolute Gasteiger partial charge is 0.307 e. The van der Waals surface area contributed by atoms with Gasteiger partial charge in [0.15, 0.2) is 0 Å². The monoisotopic (exact) mass is 449 g/mol. The fourth-order valence-corrected chi connectivity index (χ4v) is 4.54. The van der Waals surface area contributed by atoms with E-state index < -0.39 is 27.3 Å². The van der Waals surface area contributed by atoms with Gasteiger partial charge in [0.25, 0.3) is 10.0 Å². The van der Waals surface area contributed by atoms with Crippen LogP contribution in [-0.2, 0) is 10.0 Å². The van der Waals surface area contributed by atoms with Crippen LogP contribution in [-0.4, -0.2) is 24.8 Å². The molecule has 0 aliphatic rings. The second kappa shape index (κ2) is 9.93. The lowest BCUT2D eigenvalue weighted by atomic mass is 10.1. The van der Waals surface area contributed by atoms with Crippen molar-refractivity contribution in [2.75, 3.05) is 10.6 Å². The maximum Gasteiger partial charge on any atom is 0.344 e. The molecule has 8 heteroatoms. The van der Waals surface area contributed by atoms with Crippen LogP contribution in [0.15, 0.2) is 97.6 Å². The number of para-hydroxylation sites is 2. The highest BCUT2D eigenvalue weighted by Gasteiger charge is 2.40. The van der Waals surface area contributed by atoms with Gasteiger partial charge < -0.3 is 10.6 Å². The van der Waals surface area contributed by atoms with Crippen molar-refractivity contribution in [1.82, 2.24) is 4.31 Å². The van der Waals surface area contributed by atoms with Gasteiger partial charge in [-0.25, -0.2) is 18.0 Å². The number of carbonyl (C=O) groups is 2. The number of hydrogen-bond donors (Lipinski definition) is 2. The van der Waals surface area contributed by atoms with E-state index in [9.17, 15) is 18.0 Å². The summed E-state index contributed by atoms with van der Waals surface area (Å²) in [4.78, 5) is 26.1. The number of carbonyl (C=O) groups excluding carboxylic acids is 2. The Bertz CT molecular complexity index is 1140. The van der Waals surface area contributed by atoms with E-state index in [-0.39, 0.29) is 4.31 Å². The first kappa shape index (κ1) is 22.8. The Labute approximate surface area is 187 Å². The Morgan fingerprint density at radius 3 is 1.66 bits per heavy atom. The third-order valence-electron chi connectivity index (χ3n) is 4.61. The second-order valence-electron chi connectivity index (χ2n) is 6.97. The molecule has 32 heavy (non-hydrogen) atoms. The number of amides is 4. The average Bonchev–Trinajstić information content (AvgIpc) is 2.76. The summed E-state index contributed by atoms with van der Waals surface area (Å²) in [5, 5.41) is 3.62. The number of anilines is 2. The van der Waals surface area contributed by atoms with Gasteiger partial charge in [-0.2, -0.15) is 0 Å². The van der Waals surface area contributed by atoms with Crippen molar-refractivity contribution < 1.29 is 18.0 Å². The maximum atomic E-state index is 13.5. The first-order valence-electron chi connectivity index (χ1n) is 9.78. The molecule has 0 heterocycles. The third-order valence-corrected chi connectivity index (χ3v) is 6.56. The molecule has 1 unspecified atom stereocenters. The number of urea groups is 2. The minimum Gasteiger partial charge on any atom is -0.307 e. The van der Waals surface area contributed by atoms with E-state index in [4.69, 9.17) is 0 Å². The molecule has 0 fully saturated rings. The topological polar surface area (TPSA) is 95.6 Å². The predicted molar refractivity (Wildman–Crippen MR) is 126 cm³/mol. The summed E-state index contributed by atoms with van der Waals surface area (Å²) >= 11 is 0. The van der Waals surface area contributed by atoms with E-state index in [0.29, 0.717) is 16.9 Å². The van der Waals surface area contributed by atoms with Gasteiger partial charge in [0.1, 0.15) is 5.25 Å². The van der Waals surface area contributed by atoms with Crippen molar-refractivity contribution >= 4 is 33.5 Å². The molecule has 0 bridgehead atoms.